The van der Waals surface area contributed by atoms with Gasteiger partial charge in [-0.05, 0) is 57.1 Å². The summed E-state index contributed by atoms with van der Waals surface area (Å²) < 4.78 is 7.85. The number of hydrogen-bond acceptors (Lipinski definition) is 4. The molecule has 1 aliphatic heterocycles. The Morgan fingerprint density at radius 3 is 2.60 bits per heavy atom. The third kappa shape index (κ3) is 5.06. The number of rotatable bonds is 6. The van der Waals surface area contributed by atoms with Gasteiger partial charge >= 0.3 is 0 Å². The van der Waals surface area contributed by atoms with Crippen LogP contribution in [0.5, 0.6) is 5.75 Å². The molecule has 0 saturated carbocycles. The Bertz CT molecular complexity index is 688. The average Bonchev–Trinajstić information content (AvgIpc) is 3.02. The Kier molecular flexibility index (Phi) is 5.71. The van der Waals surface area contributed by atoms with Crippen molar-refractivity contribution < 1.29 is 9.53 Å². The highest BCUT2D eigenvalue weighted by Gasteiger charge is 2.17. The van der Waals surface area contributed by atoms with Crippen LogP contribution >= 0.6 is 0 Å². The maximum absolute atomic E-state index is 12.1. The van der Waals surface area contributed by atoms with Crippen LogP contribution in [0.2, 0.25) is 0 Å². The molecule has 2 heterocycles. The Hall–Kier alpha value is -2.34. The third-order valence-corrected chi connectivity index (χ3v) is 4.59. The summed E-state index contributed by atoms with van der Waals surface area (Å²) in [7, 11) is 2.14. The number of aryl methyl sites for hydroxylation is 2. The zero-order valence-corrected chi connectivity index (χ0v) is 14.9. The summed E-state index contributed by atoms with van der Waals surface area (Å²) in [6.45, 7) is 4.72. The van der Waals surface area contributed by atoms with Gasteiger partial charge in [0.15, 0.2) is 0 Å². The van der Waals surface area contributed by atoms with Gasteiger partial charge in [-0.2, -0.15) is 5.10 Å². The molecule has 1 fully saturated rings. The number of hydrogen-bond donors (Lipinski definition) is 1. The average molecular weight is 342 g/mol. The largest absolute Gasteiger partial charge is 0.490 e. The Balaban J connectivity index is 1.45. The predicted molar refractivity (Wildman–Crippen MR) is 97.8 cm³/mol. The minimum Gasteiger partial charge on any atom is -0.490 e. The molecule has 1 amide bonds. The normalized spacial score (nSPS) is 15.9. The quantitative estimate of drug-likeness (QED) is 0.877. The van der Waals surface area contributed by atoms with E-state index in [1.54, 1.807) is 6.20 Å². The van der Waals surface area contributed by atoms with E-state index in [4.69, 9.17) is 4.74 Å². The van der Waals surface area contributed by atoms with Crippen LogP contribution in [-0.2, 0) is 11.3 Å². The minimum atomic E-state index is -0.0149. The maximum Gasteiger partial charge on any atom is 0.226 e. The molecule has 6 nitrogen and oxygen atoms in total. The standard InChI is InChI=1S/C19H26N4O2/c1-15-7-11-20-23(15)14-10-19(24)21-16-3-5-17(6-4-16)25-18-8-12-22(2)13-9-18/h3-7,11,18H,8-10,12-14H2,1-2H3,(H,21,24). The summed E-state index contributed by atoms with van der Waals surface area (Å²) in [5.74, 6) is 0.846. The van der Waals surface area contributed by atoms with Gasteiger partial charge < -0.3 is 15.0 Å². The molecule has 0 spiro atoms. The summed E-state index contributed by atoms with van der Waals surface area (Å²) >= 11 is 0. The van der Waals surface area contributed by atoms with Crippen LogP contribution in [0.1, 0.15) is 25.0 Å². The highest BCUT2D eigenvalue weighted by molar-refractivity contribution is 5.90. The molecule has 0 atom stereocenters. The molecular weight excluding hydrogens is 316 g/mol. The molecule has 0 unspecified atom stereocenters. The Labute approximate surface area is 148 Å². The number of amides is 1. The maximum atomic E-state index is 12.1. The van der Waals surface area contributed by atoms with Crippen LogP contribution in [0.25, 0.3) is 0 Å². The van der Waals surface area contributed by atoms with E-state index < -0.39 is 0 Å². The zero-order valence-electron chi connectivity index (χ0n) is 14.9. The number of nitrogens with zero attached hydrogens (tertiary/aromatic N) is 3. The smallest absolute Gasteiger partial charge is 0.226 e. The molecule has 25 heavy (non-hydrogen) atoms. The van der Waals surface area contributed by atoms with Gasteiger partial charge in [-0.3, -0.25) is 9.48 Å². The zero-order chi connectivity index (χ0) is 17.6. The van der Waals surface area contributed by atoms with Crippen molar-refractivity contribution in [3.8, 4) is 5.75 Å². The monoisotopic (exact) mass is 342 g/mol. The van der Waals surface area contributed by atoms with E-state index in [1.165, 1.54) is 0 Å². The van der Waals surface area contributed by atoms with Gasteiger partial charge in [-0.15, -0.1) is 0 Å². The summed E-state index contributed by atoms with van der Waals surface area (Å²) in [5.41, 5.74) is 1.85. The molecule has 1 aromatic carbocycles. The van der Waals surface area contributed by atoms with Gasteiger partial charge in [-0.1, -0.05) is 0 Å². The van der Waals surface area contributed by atoms with Crippen molar-refractivity contribution >= 4 is 11.6 Å². The summed E-state index contributed by atoms with van der Waals surface area (Å²) in [4.78, 5) is 14.4. The van der Waals surface area contributed by atoms with E-state index in [9.17, 15) is 4.79 Å². The number of anilines is 1. The van der Waals surface area contributed by atoms with Gasteiger partial charge in [0.1, 0.15) is 11.9 Å². The number of carbonyl (C=O) groups is 1. The Morgan fingerprint density at radius 1 is 1.24 bits per heavy atom. The van der Waals surface area contributed by atoms with Crippen molar-refractivity contribution in [3.63, 3.8) is 0 Å². The fourth-order valence-electron chi connectivity index (χ4n) is 2.98. The molecule has 1 aromatic heterocycles. The lowest BCUT2D eigenvalue weighted by Crippen LogP contribution is -2.35. The van der Waals surface area contributed by atoms with Crippen LogP contribution in [0.15, 0.2) is 36.5 Å². The van der Waals surface area contributed by atoms with Crippen LogP contribution in [0.4, 0.5) is 5.69 Å². The van der Waals surface area contributed by atoms with Crippen molar-refractivity contribution in [2.75, 3.05) is 25.5 Å². The number of likely N-dealkylation sites (tertiary alicyclic amines) is 1. The highest BCUT2D eigenvalue weighted by Crippen LogP contribution is 2.20. The van der Waals surface area contributed by atoms with Crippen LogP contribution in [-0.4, -0.2) is 46.8 Å². The van der Waals surface area contributed by atoms with E-state index in [-0.39, 0.29) is 12.0 Å². The summed E-state index contributed by atoms with van der Waals surface area (Å²) in [6.07, 6.45) is 4.55. The summed E-state index contributed by atoms with van der Waals surface area (Å²) in [6, 6.07) is 9.56. The van der Waals surface area contributed by atoms with Crippen molar-refractivity contribution in [3.05, 3.63) is 42.2 Å². The first-order valence-corrected chi connectivity index (χ1v) is 8.84. The fourth-order valence-corrected chi connectivity index (χ4v) is 2.98. The molecule has 1 saturated heterocycles. The van der Waals surface area contributed by atoms with Crippen molar-refractivity contribution in [1.82, 2.24) is 14.7 Å². The van der Waals surface area contributed by atoms with Crippen molar-refractivity contribution in [2.45, 2.75) is 38.8 Å². The molecule has 134 valence electrons. The highest BCUT2D eigenvalue weighted by atomic mass is 16.5. The van der Waals surface area contributed by atoms with Gasteiger partial charge in [0.05, 0.1) is 0 Å². The third-order valence-electron chi connectivity index (χ3n) is 4.59. The lowest BCUT2D eigenvalue weighted by molar-refractivity contribution is -0.116. The second kappa shape index (κ2) is 8.16. The molecule has 6 heteroatoms. The van der Waals surface area contributed by atoms with Gasteiger partial charge in [0.25, 0.3) is 0 Å². The summed E-state index contributed by atoms with van der Waals surface area (Å²) in [5, 5.41) is 7.10. The SMILES string of the molecule is Cc1ccnn1CCC(=O)Nc1ccc(OC2CCN(C)CC2)cc1. The lowest BCUT2D eigenvalue weighted by Gasteiger charge is -2.29. The second-order valence-corrected chi connectivity index (χ2v) is 6.64. The first-order valence-electron chi connectivity index (χ1n) is 8.84. The van der Waals surface area contributed by atoms with E-state index >= 15 is 0 Å². The topological polar surface area (TPSA) is 59.4 Å². The van der Waals surface area contributed by atoms with Crippen LogP contribution < -0.4 is 10.1 Å². The number of nitrogens with one attached hydrogen (secondary N) is 1. The van der Waals surface area contributed by atoms with Crippen molar-refractivity contribution in [1.29, 1.82) is 0 Å². The van der Waals surface area contributed by atoms with Gasteiger partial charge in [0, 0.05) is 43.6 Å². The van der Waals surface area contributed by atoms with Crippen molar-refractivity contribution in [2.24, 2.45) is 0 Å². The number of benzene rings is 1. The minimum absolute atomic E-state index is 0.0149. The molecule has 0 aliphatic carbocycles. The first kappa shape index (κ1) is 17.5. The number of ether oxygens (including phenoxy) is 1. The van der Waals surface area contributed by atoms with E-state index in [0.29, 0.717) is 13.0 Å². The number of carbonyl (C=O) groups excluding carboxylic acids is 1. The van der Waals surface area contributed by atoms with Gasteiger partial charge in [-0.25, -0.2) is 0 Å². The number of piperidine rings is 1. The van der Waals surface area contributed by atoms with Gasteiger partial charge in [0.2, 0.25) is 5.91 Å². The van der Waals surface area contributed by atoms with E-state index in [2.05, 4.69) is 22.4 Å². The Morgan fingerprint density at radius 2 is 1.96 bits per heavy atom. The molecule has 1 N–H and O–H groups in total. The van der Waals surface area contributed by atoms with E-state index in [1.807, 2.05) is 41.9 Å². The molecular formula is C19H26N4O2. The second-order valence-electron chi connectivity index (χ2n) is 6.64. The van der Waals surface area contributed by atoms with Crippen LogP contribution in [0, 0.1) is 6.92 Å². The first-order chi connectivity index (χ1) is 12.1. The van der Waals surface area contributed by atoms with E-state index in [0.717, 1.165) is 43.1 Å². The number of aromatic nitrogens is 2. The molecule has 0 bridgehead atoms. The fraction of sp³-hybridized carbons (Fsp3) is 0.474. The molecule has 2 aromatic rings. The predicted octanol–water partition coefficient (Wildman–Crippen LogP) is 2.69. The van der Waals surface area contributed by atoms with Crippen LogP contribution in [0.3, 0.4) is 0 Å². The molecule has 1 aliphatic rings. The molecule has 3 rings (SSSR count). The molecule has 0 radical (unpaired) electrons. The lowest BCUT2D eigenvalue weighted by atomic mass is 10.1.